The van der Waals surface area contributed by atoms with Crippen molar-refractivity contribution in [2.24, 2.45) is 0 Å². The van der Waals surface area contributed by atoms with Crippen LogP contribution in [0.5, 0.6) is 0 Å². The highest BCUT2D eigenvalue weighted by Crippen LogP contribution is 2.17. The molecule has 1 atom stereocenters. The average molecular weight is 312 g/mol. The van der Waals surface area contributed by atoms with Gasteiger partial charge in [0.25, 0.3) is 0 Å². The molecule has 21 heavy (non-hydrogen) atoms. The number of sulfonamides is 1. The molecule has 1 N–H and O–H groups in total. The van der Waals surface area contributed by atoms with Gasteiger partial charge in [-0.3, -0.25) is 0 Å². The Kier molecular flexibility index (Phi) is 4.53. The van der Waals surface area contributed by atoms with Crippen LogP contribution in [0, 0.1) is 0 Å². The van der Waals surface area contributed by atoms with Gasteiger partial charge in [-0.25, -0.2) is 17.9 Å². The summed E-state index contributed by atoms with van der Waals surface area (Å²) in [5, 5.41) is 0. The molecule has 6 nitrogen and oxygen atoms in total. The summed E-state index contributed by atoms with van der Waals surface area (Å²) in [7, 11) is -1.97. The Balaban J connectivity index is 2.00. The number of ether oxygens (including phenoxy) is 1. The lowest BCUT2D eigenvalue weighted by Crippen LogP contribution is -2.34. The first-order valence-electron chi connectivity index (χ1n) is 6.81. The highest BCUT2D eigenvalue weighted by molar-refractivity contribution is 7.89. The van der Waals surface area contributed by atoms with Gasteiger partial charge in [0.1, 0.15) is 6.10 Å². The van der Waals surface area contributed by atoms with Gasteiger partial charge < -0.3 is 9.64 Å². The number of hydrogen-bond acceptors (Lipinski definition) is 4. The summed E-state index contributed by atoms with van der Waals surface area (Å²) in [4.78, 5) is 12.8. The average Bonchev–Trinajstić information content (AvgIpc) is 2.76. The lowest BCUT2D eigenvalue weighted by atomic mass is 10.0. The number of rotatable bonds is 5. The largest absolute Gasteiger partial charge is 0.443 e. The topological polar surface area (TPSA) is 75.7 Å². The van der Waals surface area contributed by atoms with Gasteiger partial charge in [-0.1, -0.05) is 26.0 Å². The van der Waals surface area contributed by atoms with Crippen molar-refractivity contribution < 1.29 is 17.9 Å². The predicted octanol–water partition coefficient (Wildman–Crippen LogP) is 1.54. The first-order chi connectivity index (χ1) is 9.79. The maximum absolute atomic E-state index is 12.2. The summed E-state index contributed by atoms with van der Waals surface area (Å²) in [5.41, 5.74) is 1.08. The molecular weight excluding hydrogens is 292 g/mol. The molecule has 1 amide bonds. The van der Waals surface area contributed by atoms with Crippen LogP contribution in [0.4, 0.5) is 4.79 Å². The Morgan fingerprint density at radius 3 is 2.43 bits per heavy atom. The van der Waals surface area contributed by atoms with Gasteiger partial charge in [0.2, 0.25) is 10.0 Å². The Hall–Kier alpha value is -1.60. The van der Waals surface area contributed by atoms with Gasteiger partial charge in [0.15, 0.2) is 0 Å². The second kappa shape index (κ2) is 6.03. The number of carbonyl (C=O) groups excluding carboxylic acids is 1. The number of hydrogen-bond donors (Lipinski definition) is 1. The molecule has 1 aromatic rings. The van der Waals surface area contributed by atoms with Crippen molar-refractivity contribution in [3.8, 4) is 0 Å². The van der Waals surface area contributed by atoms with Crippen molar-refractivity contribution in [3.05, 3.63) is 29.8 Å². The molecule has 0 aliphatic carbocycles. The Morgan fingerprint density at radius 2 is 1.95 bits per heavy atom. The van der Waals surface area contributed by atoms with Crippen molar-refractivity contribution in [3.63, 3.8) is 0 Å². The molecule has 1 unspecified atom stereocenters. The highest BCUT2D eigenvalue weighted by Gasteiger charge is 2.29. The summed E-state index contributed by atoms with van der Waals surface area (Å²) in [6.07, 6.45) is -0.882. The van der Waals surface area contributed by atoms with Gasteiger partial charge in [0, 0.05) is 13.6 Å². The predicted molar refractivity (Wildman–Crippen MR) is 78.6 cm³/mol. The molecule has 0 radical (unpaired) electrons. The van der Waals surface area contributed by atoms with E-state index in [1.54, 1.807) is 19.2 Å². The second-order valence-electron chi connectivity index (χ2n) is 5.46. The van der Waals surface area contributed by atoms with Crippen molar-refractivity contribution >= 4 is 16.1 Å². The minimum atomic E-state index is -3.58. The molecule has 116 valence electrons. The van der Waals surface area contributed by atoms with Crippen LogP contribution in [-0.2, 0) is 14.8 Å². The van der Waals surface area contributed by atoms with Crippen LogP contribution in [0.3, 0.4) is 0 Å². The fraction of sp³-hybridized carbons (Fsp3) is 0.500. The van der Waals surface area contributed by atoms with Gasteiger partial charge in [0.05, 0.1) is 11.4 Å². The molecule has 1 saturated heterocycles. The number of likely N-dealkylation sites (N-methyl/N-ethyl adjacent to an activating group) is 1. The van der Waals surface area contributed by atoms with Gasteiger partial charge >= 0.3 is 6.09 Å². The van der Waals surface area contributed by atoms with E-state index < -0.39 is 22.2 Å². The van der Waals surface area contributed by atoms with Gasteiger partial charge in [-0.2, -0.15) is 0 Å². The van der Waals surface area contributed by atoms with Crippen LogP contribution in [0.25, 0.3) is 0 Å². The van der Waals surface area contributed by atoms with E-state index >= 15 is 0 Å². The van der Waals surface area contributed by atoms with E-state index in [1.165, 1.54) is 4.90 Å². The molecule has 0 bridgehead atoms. The van der Waals surface area contributed by atoms with Crippen molar-refractivity contribution in [2.45, 2.75) is 30.8 Å². The maximum atomic E-state index is 12.2. The second-order valence-corrected chi connectivity index (χ2v) is 7.23. The minimum Gasteiger partial charge on any atom is -0.443 e. The van der Waals surface area contributed by atoms with Gasteiger partial charge in [-0.15, -0.1) is 0 Å². The first kappa shape index (κ1) is 15.8. The van der Waals surface area contributed by atoms with Crippen LogP contribution in [0.2, 0.25) is 0 Å². The summed E-state index contributed by atoms with van der Waals surface area (Å²) < 4.78 is 31.8. The SMILES string of the molecule is CC(C)c1ccc(S(=O)(=O)NCC2CN(C)C(=O)O2)cc1. The van der Waals surface area contributed by atoms with Crippen LogP contribution >= 0.6 is 0 Å². The number of cyclic esters (lactones) is 1. The van der Waals surface area contributed by atoms with E-state index in [0.717, 1.165) is 5.56 Å². The minimum absolute atomic E-state index is 0.0738. The highest BCUT2D eigenvalue weighted by atomic mass is 32.2. The van der Waals surface area contributed by atoms with E-state index in [9.17, 15) is 13.2 Å². The monoisotopic (exact) mass is 312 g/mol. The fourth-order valence-corrected chi connectivity index (χ4v) is 3.14. The third-order valence-corrected chi connectivity index (χ3v) is 4.85. The zero-order valence-corrected chi connectivity index (χ0v) is 13.2. The zero-order chi connectivity index (χ0) is 15.6. The molecule has 7 heteroatoms. The standard InChI is InChI=1S/C14H20N2O4S/c1-10(2)11-4-6-13(7-5-11)21(18,19)15-8-12-9-16(3)14(17)20-12/h4-7,10,12,15H,8-9H2,1-3H3. The van der Waals surface area contributed by atoms with E-state index in [-0.39, 0.29) is 11.4 Å². The quantitative estimate of drug-likeness (QED) is 0.895. The Labute approximate surface area is 125 Å². The number of benzene rings is 1. The molecule has 1 aliphatic heterocycles. The van der Waals surface area contributed by atoms with Crippen LogP contribution in [-0.4, -0.2) is 45.7 Å². The molecular formula is C14H20N2O4S. The number of nitrogens with zero attached hydrogens (tertiary/aromatic N) is 1. The zero-order valence-electron chi connectivity index (χ0n) is 12.4. The molecule has 1 heterocycles. The van der Waals surface area contributed by atoms with Crippen LogP contribution in [0.15, 0.2) is 29.2 Å². The van der Waals surface area contributed by atoms with Crippen LogP contribution in [0.1, 0.15) is 25.3 Å². The molecule has 1 fully saturated rings. The lowest BCUT2D eigenvalue weighted by molar-refractivity contribution is 0.135. The molecule has 0 saturated carbocycles. The maximum Gasteiger partial charge on any atom is 0.410 e. The van der Waals surface area contributed by atoms with Crippen LogP contribution < -0.4 is 4.72 Å². The molecule has 0 aromatic heterocycles. The van der Waals surface area contributed by atoms with E-state index in [1.807, 2.05) is 26.0 Å². The molecule has 1 aliphatic rings. The number of nitrogens with one attached hydrogen (secondary N) is 1. The fourth-order valence-electron chi connectivity index (χ4n) is 2.07. The summed E-state index contributed by atoms with van der Waals surface area (Å²) >= 11 is 0. The lowest BCUT2D eigenvalue weighted by Gasteiger charge is -2.11. The number of amides is 1. The summed E-state index contributed by atoms with van der Waals surface area (Å²) in [6.45, 7) is 4.55. The Morgan fingerprint density at radius 1 is 1.33 bits per heavy atom. The smallest absolute Gasteiger partial charge is 0.410 e. The van der Waals surface area contributed by atoms with Gasteiger partial charge in [-0.05, 0) is 23.6 Å². The van der Waals surface area contributed by atoms with Crippen molar-refractivity contribution in [1.29, 1.82) is 0 Å². The van der Waals surface area contributed by atoms with E-state index in [4.69, 9.17) is 4.74 Å². The summed E-state index contributed by atoms with van der Waals surface area (Å²) in [6, 6.07) is 6.79. The van der Waals surface area contributed by atoms with Crippen molar-refractivity contribution in [2.75, 3.05) is 20.1 Å². The normalized spacial score (nSPS) is 19.1. The molecule has 2 rings (SSSR count). The van der Waals surface area contributed by atoms with Crippen molar-refractivity contribution in [1.82, 2.24) is 9.62 Å². The third-order valence-electron chi connectivity index (χ3n) is 3.41. The molecule has 0 spiro atoms. The first-order valence-corrected chi connectivity index (χ1v) is 8.29. The van der Waals surface area contributed by atoms with E-state index in [0.29, 0.717) is 12.5 Å². The molecule has 1 aromatic carbocycles. The Bertz CT molecular complexity index is 610. The van der Waals surface area contributed by atoms with E-state index in [2.05, 4.69) is 4.72 Å². The number of carbonyl (C=O) groups is 1. The third kappa shape index (κ3) is 3.74. The summed E-state index contributed by atoms with van der Waals surface area (Å²) in [5.74, 6) is 0.350.